The summed E-state index contributed by atoms with van der Waals surface area (Å²) in [5.41, 5.74) is -17.0. The number of carbonyl (C=O) groups is 2. The quantitative estimate of drug-likeness (QED) is 0.0903. The Morgan fingerprint density at radius 3 is 1.21 bits per heavy atom. The molecular formula is C37H58F6O10. The fourth-order valence-electron chi connectivity index (χ4n) is 8.71. The zero-order chi connectivity index (χ0) is 41.3. The van der Waals surface area contributed by atoms with Crippen LogP contribution in [0, 0.1) is 16.2 Å². The van der Waals surface area contributed by atoms with Crippen LogP contribution in [0.25, 0.3) is 0 Å². The Bertz CT molecular complexity index is 1350. The van der Waals surface area contributed by atoms with Gasteiger partial charge in [0.25, 0.3) is 0 Å². The number of rotatable bonds is 16. The monoisotopic (exact) mass is 776 g/mol. The van der Waals surface area contributed by atoms with Crippen LogP contribution in [0.2, 0.25) is 0 Å². The summed E-state index contributed by atoms with van der Waals surface area (Å²) < 4.78 is 113. The lowest BCUT2D eigenvalue weighted by Gasteiger charge is -2.76. The number of hydrogen-bond donors (Lipinski definition) is 3. The van der Waals surface area contributed by atoms with E-state index in [0.717, 1.165) is 0 Å². The average molecular weight is 777 g/mol. The molecule has 16 heteroatoms. The molecule has 53 heavy (non-hydrogen) atoms. The Hall–Kier alpha value is -1.98. The lowest BCUT2D eigenvalue weighted by Crippen LogP contribution is -2.76. The van der Waals surface area contributed by atoms with Gasteiger partial charge in [-0.05, 0) is 115 Å². The first-order valence-electron chi connectivity index (χ1n) is 17.6. The van der Waals surface area contributed by atoms with Gasteiger partial charge in [-0.15, -0.1) is 0 Å². The lowest BCUT2D eigenvalue weighted by atomic mass is 9.31. The lowest BCUT2D eigenvalue weighted by molar-refractivity contribution is -0.356. The molecule has 10 nitrogen and oxygen atoms in total. The Labute approximate surface area is 307 Å². The number of halogens is 6. The predicted octanol–water partition coefficient (Wildman–Crippen LogP) is 6.51. The summed E-state index contributed by atoms with van der Waals surface area (Å²) >= 11 is 0. The average Bonchev–Trinajstić information content (AvgIpc) is 2.94. The highest BCUT2D eigenvalue weighted by atomic mass is 19.4. The van der Waals surface area contributed by atoms with Crippen molar-refractivity contribution in [1.82, 2.24) is 0 Å². The molecule has 4 aliphatic carbocycles. The number of alkyl halides is 6. The van der Waals surface area contributed by atoms with E-state index in [0.29, 0.717) is 13.8 Å². The summed E-state index contributed by atoms with van der Waals surface area (Å²) in [4.78, 5) is 25.7. The third kappa shape index (κ3) is 8.87. The summed E-state index contributed by atoms with van der Waals surface area (Å²) in [6.07, 6.45) is -9.42. The van der Waals surface area contributed by atoms with Crippen molar-refractivity contribution in [2.24, 2.45) is 16.2 Å². The van der Waals surface area contributed by atoms with Gasteiger partial charge in [0.2, 0.25) is 0 Å². The van der Waals surface area contributed by atoms with E-state index in [-0.39, 0.29) is 50.7 Å². The summed E-state index contributed by atoms with van der Waals surface area (Å²) in [6.45, 7) is 15.6. The van der Waals surface area contributed by atoms with Crippen LogP contribution in [0.5, 0.6) is 0 Å². The van der Waals surface area contributed by atoms with Crippen molar-refractivity contribution < 1.29 is 74.9 Å². The van der Waals surface area contributed by atoms with E-state index in [2.05, 4.69) is 6.58 Å². The first-order valence-corrected chi connectivity index (χ1v) is 17.6. The summed E-state index contributed by atoms with van der Waals surface area (Å²) in [6, 6.07) is 0. The van der Waals surface area contributed by atoms with Gasteiger partial charge in [-0.2, -0.15) is 26.3 Å². The van der Waals surface area contributed by atoms with Crippen molar-refractivity contribution in [1.29, 1.82) is 0 Å². The van der Waals surface area contributed by atoms with E-state index in [1.54, 1.807) is 41.5 Å². The van der Waals surface area contributed by atoms with E-state index >= 15 is 0 Å². The third-order valence-corrected chi connectivity index (χ3v) is 12.3. The number of hydrogen-bond acceptors (Lipinski definition) is 10. The molecule has 0 aromatic heterocycles. The van der Waals surface area contributed by atoms with Crippen molar-refractivity contribution in [3.05, 3.63) is 12.2 Å². The largest absolute Gasteiger partial charge is 0.456 e. The van der Waals surface area contributed by atoms with Crippen LogP contribution in [0.3, 0.4) is 0 Å². The molecule has 4 bridgehead atoms. The fourth-order valence-corrected chi connectivity index (χ4v) is 8.71. The number of ether oxygens (including phenoxy) is 5. The third-order valence-electron chi connectivity index (χ3n) is 12.3. The number of esters is 2. The van der Waals surface area contributed by atoms with Crippen LogP contribution in [-0.4, -0.2) is 105 Å². The highest BCUT2D eigenvalue weighted by Crippen LogP contribution is 2.79. The van der Waals surface area contributed by atoms with Gasteiger partial charge in [0, 0.05) is 21.8 Å². The number of carbonyl (C=O) groups excluding carboxylic acids is 2. The molecule has 0 saturated heterocycles. The first kappa shape index (κ1) is 45.4. The highest BCUT2D eigenvalue weighted by Gasteiger charge is 2.78. The van der Waals surface area contributed by atoms with Gasteiger partial charge in [-0.25, -0.2) is 9.59 Å². The van der Waals surface area contributed by atoms with Gasteiger partial charge in [0.1, 0.15) is 5.60 Å². The van der Waals surface area contributed by atoms with Crippen LogP contribution in [0.4, 0.5) is 26.3 Å². The van der Waals surface area contributed by atoms with Crippen LogP contribution < -0.4 is 0 Å². The van der Waals surface area contributed by atoms with Crippen molar-refractivity contribution in [3.63, 3.8) is 0 Å². The van der Waals surface area contributed by atoms with E-state index in [1.165, 1.54) is 20.8 Å². The molecule has 0 aliphatic heterocycles. The molecule has 0 amide bonds. The second-order valence-corrected chi connectivity index (χ2v) is 18.7. The van der Waals surface area contributed by atoms with Crippen LogP contribution in [0.15, 0.2) is 12.2 Å². The van der Waals surface area contributed by atoms with Crippen LogP contribution >= 0.6 is 0 Å². The highest BCUT2D eigenvalue weighted by molar-refractivity contribution is 5.88. The SMILES string of the molecule is C=C(C)C(=O)OCC(=O)OC12CC3(C(C)(C)OCC(C)(C)O)CC(C(C)(C)OCC(C)(O)C(F)(F)F)(C1)CC(C(C)(C)OCC(C)(O)C(F)(F)F)(C2)C3. The van der Waals surface area contributed by atoms with Gasteiger partial charge in [0.05, 0.1) is 42.2 Å². The zero-order valence-corrected chi connectivity index (χ0v) is 32.7. The molecule has 3 N–H and O–H groups in total. The Balaban J connectivity index is 2.28. The maximum Gasteiger partial charge on any atom is 0.419 e. The summed E-state index contributed by atoms with van der Waals surface area (Å²) in [7, 11) is 0. The van der Waals surface area contributed by atoms with Gasteiger partial charge in [-0.3, -0.25) is 0 Å². The molecule has 308 valence electrons. The van der Waals surface area contributed by atoms with Crippen LogP contribution in [-0.2, 0) is 33.3 Å². The first-order chi connectivity index (χ1) is 23.3. The van der Waals surface area contributed by atoms with Gasteiger partial charge in [-0.1, -0.05) is 6.58 Å². The smallest absolute Gasteiger partial charge is 0.419 e. The molecule has 0 aromatic carbocycles. The molecule has 4 atom stereocenters. The molecular weight excluding hydrogens is 718 g/mol. The molecule has 0 heterocycles. The van der Waals surface area contributed by atoms with Gasteiger partial charge >= 0.3 is 24.3 Å². The molecule has 4 fully saturated rings. The molecule has 4 aliphatic rings. The molecule has 0 aromatic rings. The minimum atomic E-state index is -5.05. The Morgan fingerprint density at radius 2 is 0.925 bits per heavy atom. The van der Waals surface area contributed by atoms with Crippen molar-refractivity contribution >= 4 is 11.9 Å². The molecule has 4 unspecified atom stereocenters. The molecule has 0 radical (unpaired) electrons. The standard InChI is InChI=1S/C37H58F6O10/c1-23(2)25(45)49-13-24(44)53-35-17-32(27(5,6)50-20-26(3,4)46)14-33(18-35,28(7,8)51-21-30(11,47)36(38,39)40)16-34(15-32,19-35)29(9,10)52-22-31(12,48)37(41,42)43/h46-48H,1,13-22H2,2-12H3. The van der Waals surface area contributed by atoms with E-state index in [4.69, 9.17) is 23.7 Å². The fraction of sp³-hybridized carbons (Fsp3) is 0.892. The second-order valence-electron chi connectivity index (χ2n) is 18.7. The molecule has 4 saturated carbocycles. The maximum absolute atomic E-state index is 13.9. The predicted molar refractivity (Wildman–Crippen MR) is 179 cm³/mol. The summed E-state index contributed by atoms with van der Waals surface area (Å²) in [5, 5.41) is 31.4. The van der Waals surface area contributed by atoms with Crippen molar-refractivity contribution in [2.75, 3.05) is 26.4 Å². The topological polar surface area (TPSA) is 141 Å². The van der Waals surface area contributed by atoms with Crippen molar-refractivity contribution in [3.8, 4) is 0 Å². The van der Waals surface area contributed by atoms with Crippen LogP contribution in [0.1, 0.15) is 115 Å². The Kier molecular flexibility index (Phi) is 11.6. The second kappa shape index (κ2) is 13.6. The van der Waals surface area contributed by atoms with E-state index in [9.17, 15) is 51.3 Å². The Morgan fingerprint density at radius 1 is 0.604 bits per heavy atom. The van der Waals surface area contributed by atoms with Gasteiger partial charge in [0.15, 0.2) is 17.8 Å². The zero-order valence-electron chi connectivity index (χ0n) is 32.7. The maximum atomic E-state index is 13.9. The minimum absolute atomic E-state index is 0.0166. The van der Waals surface area contributed by atoms with Crippen molar-refractivity contribution in [2.45, 2.75) is 166 Å². The van der Waals surface area contributed by atoms with E-state index < -0.39 is 99.6 Å². The molecule has 0 spiro atoms. The van der Waals surface area contributed by atoms with E-state index in [1.807, 2.05) is 0 Å². The number of aliphatic hydroxyl groups is 3. The van der Waals surface area contributed by atoms with Gasteiger partial charge < -0.3 is 39.0 Å². The molecule has 4 rings (SSSR count). The minimum Gasteiger partial charge on any atom is -0.456 e. The summed E-state index contributed by atoms with van der Waals surface area (Å²) in [5.74, 6) is -1.80. The normalized spacial score (nSPS) is 30.4.